The Morgan fingerprint density at radius 2 is 2.12 bits per heavy atom. The van der Waals surface area contributed by atoms with Crippen molar-refractivity contribution in [1.82, 2.24) is 14.5 Å². The first-order chi connectivity index (χ1) is 7.81. The van der Waals surface area contributed by atoms with Gasteiger partial charge in [0.05, 0.1) is 24.7 Å². The van der Waals surface area contributed by atoms with Crippen LogP contribution >= 0.6 is 0 Å². The summed E-state index contributed by atoms with van der Waals surface area (Å²) in [6, 6.07) is -0.318. The molecule has 2 heterocycles. The predicted octanol–water partition coefficient (Wildman–Crippen LogP) is -0.0290. The average Bonchev–Trinajstić information content (AvgIpc) is 2.96. The topological polar surface area (TPSA) is 67.3 Å². The number of aliphatic hydroxyl groups is 1. The molecule has 0 bridgehead atoms. The zero-order chi connectivity index (χ0) is 11.4. The third-order valence-corrected chi connectivity index (χ3v) is 3.18. The lowest BCUT2D eigenvalue weighted by atomic mass is 10.2. The van der Waals surface area contributed by atoms with Crippen LogP contribution in [0, 0.1) is 0 Å². The number of nitrogens with zero attached hydrogens (tertiary/aromatic N) is 3. The monoisotopic (exact) mass is 224 g/mol. The number of likely N-dealkylation sites (tertiary alicyclic amines) is 1. The van der Waals surface area contributed by atoms with Crippen molar-refractivity contribution in [2.24, 2.45) is 5.73 Å². The molecule has 2 rings (SSSR count). The molecule has 5 heteroatoms. The summed E-state index contributed by atoms with van der Waals surface area (Å²) in [5.74, 6) is 0. The summed E-state index contributed by atoms with van der Waals surface area (Å²) < 4.78 is 2.04. The third-order valence-electron chi connectivity index (χ3n) is 3.18. The Kier molecular flexibility index (Phi) is 3.93. The van der Waals surface area contributed by atoms with Gasteiger partial charge in [0, 0.05) is 19.3 Å². The fourth-order valence-corrected chi connectivity index (χ4v) is 2.18. The van der Waals surface area contributed by atoms with Crippen molar-refractivity contribution in [3.63, 3.8) is 0 Å². The van der Waals surface area contributed by atoms with Crippen molar-refractivity contribution >= 4 is 0 Å². The van der Waals surface area contributed by atoms with E-state index in [4.69, 9.17) is 10.8 Å². The largest absolute Gasteiger partial charge is 0.394 e. The molecule has 0 aliphatic carbocycles. The molecule has 1 saturated heterocycles. The van der Waals surface area contributed by atoms with Gasteiger partial charge in [-0.3, -0.25) is 0 Å². The van der Waals surface area contributed by atoms with Gasteiger partial charge in [0.15, 0.2) is 0 Å². The molecule has 3 N–H and O–H groups in total. The zero-order valence-electron chi connectivity index (χ0n) is 9.55. The summed E-state index contributed by atoms with van der Waals surface area (Å²) in [7, 11) is 0. The van der Waals surface area contributed by atoms with E-state index < -0.39 is 0 Å². The second kappa shape index (κ2) is 5.43. The molecule has 1 aromatic heterocycles. The molecule has 1 aliphatic rings. The first kappa shape index (κ1) is 11.6. The van der Waals surface area contributed by atoms with Crippen molar-refractivity contribution < 1.29 is 5.11 Å². The smallest absolute Gasteiger partial charge is 0.0949 e. The maximum absolute atomic E-state index is 9.03. The minimum absolute atomic E-state index is 0.0323. The van der Waals surface area contributed by atoms with Gasteiger partial charge in [-0.15, -0.1) is 0 Å². The summed E-state index contributed by atoms with van der Waals surface area (Å²) in [4.78, 5) is 6.54. The van der Waals surface area contributed by atoms with Crippen molar-refractivity contribution in [2.75, 3.05) is 26.2 Å². The average molecular weight is 224 g/mol. The molecule has 1 fully saturated rings. The first-order valence-corrected chi connectivity index (χ1v) is 5.90. The highest BCUT2D eigenvalue weighted by atomic mass is 16.3. The summed E-state index contributed by atoms with van der Waals surface area (Å²) in [6.45, 7) is 4.33. The Morgan fingerprint density at radius 3 is 2.81 bits per heavy atom. The van der Waals surface area contributed by atoms with Gasteiger partial charge in [-0.2, -0.15) is 0 Å². The van der Waals surface area contributed by atoms with E-state index in [1.807, 2.05) is 4.57 Å². The lowest BCUT2D eigenvalue weighted by Crippen LogP contribution is -2.26. The number of nitrogens with two attached hydrogens (primary N) is 1. The van der Waals surface area contributed by atoms with Gasteiger partial charge in [0.2, 0.25) is 0 Å². The number of hydrogen-bond donors (Lipinski definition) is 2. The summed E-state index contributed by atoms with van der Waals surface area (Å²) in [6.07, 6.45) is 6.16. The Balaban J connectivity index is 1.90. The molecular weight excluding hydrogens is 204 g/mol. The SMILES string of the molecule is NC(CO)c1cncn1CCN1CCCC1. The highest BCUT2D eigenvalue weighted by molar-refractivity contribution is 5.04. The van der Waals surface area contributed by atoms with Crippen LogP contribution in [0.4, 0.5) is 0 Å². The van der Waals surface area contributed by atoms with Crippen molar-refractivity contribution in [1.29, 1.82) is 0 Å². The van der Waals surface area contributed by atoms with E-state index in [1.54, 1.807) is 12.5 Å². The molecule has 0 aromatic carbocycles. The third kappa shape index (κ3) is 2.61. The normalized spacial score (nSPS) is 19.1. The van der Waals surface area contributed by atoms with Gasteiger partial charge >= 0.3 is 0 Å². The Bertz CT molecular complexity index is 320. The lowest BCUT2D eigenvalue weighted by Gasteiger charge is -2.17. The van der Waals surface area contributed by atoms with Crippen LogP contribution in [0.25, 0.3) is 0 Å². The molecular formula is C11H20N4O. The quantitative estimate of drug-likeness (QED) is 0.737. The number of aromatic nitrogens is 2. The van der Waals surface area contributed by atoms with E-state index in [2.05, 4.69) is 9.88 Å². The van der Waals surface area contributed by atoms with Crippen LogP contribution in [0.3, 0.4) is 0 Å². The molecule has 0 saturated carbocycles. The van der Waals surface area contributed by atoms with Crippen LogP contribution in [0.5, 0.6) is 0 Å². The molecule has 90 valence electrons. The van der Waals surface area contributed by atoms with E-state index in [9.17, 15) is 0 Å². The summed E-state index contributed by atoms with van der Waals surface area (Å²) in [5.41, 5.74) is 6.72. The van der Waals surface area contributed by atoms with Gasteiger partial charge in [0.1, 0.15) is 0 Å². The first-order valence-electron chi connectivity index (χ1n) is 5.90. The molecule has 16 heavy (non-hydrogen) atoms. The standard InChI is InChI=1S/C11H20N4O/c12-10(8-16)11-7-13-9-15(11)6-5-14-3-1-2-4-14/h7,9-10,16H,1-6,8,12H2. The van der Waals surface area contributed by atoms with Crippen molar-refractivity contribution in [3.05, 3.63) is 18.2 Å². The fourth-order valence-electron chi connectivity index (χ4n) is 2.18. The van der Waals surface area contributed by atoms with Gasteiger partial charge in [0.25, 0.3) is 0 Å². The molecule has 0 spiro atoms. The highest BCUT2D eigenvalue weighted by Crippen LogP contribution is 2.11. The summed E-state index contributed by atoms with van der Waals surface area (Å²) >= 11 is 0. The Morgan fingerprint density at radius 1 is 1.38 bits per heavy atom. The Hall–Kier alpha value is -0.910. The molecule has 1 atom stereocenters. The minimum Gasteiger partial charge on any atom is -0.394 e. The van der Waals surface area contributed by atoms with Crippen LogP contribution < -0.4 is 5.73 Å². The second-order valence-electron chi connectivity index (χ2n) is 4.35. The van der Waals surface area contributed by atoms with Crippen LogP contribution in [-0.4, -0.2) is 45.8 Å². The molecule has 1 unspecified atom stereocenters. The van der Waals surface area contributed by atoms with Crippen LogP contribution in [0.2, 0.25) is 0 Å². The lowest BCUT2D eigenvalue weighted by molar-refractivity contribution is 0.260. The maximum Gasteiger partial charge on any atom is 0.0949 e. The van der Waals surface area contributed by atoms with E-state index in [0.717, 1.165) is 18.8 Å². The minimum atomic E-state index is -0.318. The number of hydrogen-bond acceptors (Lipinski definition) is 4. The van der Waals surface area contributed by atoms with E-state index in [1.165, 1.54) is 25.9 Å². The number of aliphatic hydroxyl groups excluding tert-OH is 1. The molecule has 1 aromatic rings. The van der Waals surface area contributed by atoms with E-state index in [-0.39, 0.29) is 12.6 Å². The highest BCUT2D eigenvalue weighted by Gasteiger charge is 2.13. The van der Waals surface area contributed by atoms with Crippen LogP contribution in [0.1, 0.15) is 24.6 Å². The zero-order valence-corrected chi connectivity index (χ0v) is 9.55. The van der Waals surface area contributed by atoms with Gasteiger partial charge < -0.3 is 20.3 Å². The van der Waals surface area contributed by atoms with E-state index >= 15 is 0 Å². The van der Waals surface area contributed by atoms with Crippen LogP contribution in [-0.2, 0) is 6.54 Å². The van der Waals surface area contributed by atoms with Gasteiger partial charge in [-0.25, -0.2) is 4.98 Å². The Labute approximate surface area is 95.9 Å². The second-order valence-corrected chi connectivity index (χ2v) is 4.35. The molecule has 5 nitrogen and oxygen atoms in total. The fraction of sp³-hybridized carbons (Fsp3) is 0.727. The maximum atomic E-state index is 9.03. The molecule has 1 aliphatic heterocycles. The number of imidazole rings is 1. The number of rotatable bonds is 5. The molecule has 0 radical (unpaired) electrons. The summed E-state index contributed by atoms with van der Waals surface area (Å²) in [5, 5.41) is 9.03. The van der Waals surface area contributed by atoms with E-state index in [0.29, 0.717) is 0 Å². The van der Waals surface area contributed by atoms with Crippen molar-refractivity contribution in [2.45, 2.75) is 25.4 Å². The molecule has 0 amide bonds. The van der Waals surface area contributed by atoms with Crippen LogP contribution in [0.15, 0.2) is 12.5 Å². The predicted molar refractivity (Wildman–Crippen MR) is 61.9 cm³/mol. The van der Waals surface area contributed by atoms with Gasteiger partial charge in [-0.05, 0) is 25.9 Å². The van der Waals surface area contributed by atoms with Crippen molar-refractivity contribution in [3.8, 4) is 0 Å². The van der Waals surface area contributed by atoms with Gasteiger partial charge in [-0.1, -0.05) is 0 Å².